The average Bonchev–Trinajstić information content (AvgIpc) is 2.66. The van der Waals surface area contributed by atoms with E-state index in [0.29, 0.717) is 55.9 Å². The largest absolute Gasteiger partial charge is 0.486 e. The van der Waals surface area contributed by atoms with Crippen LogP contribution >= 0.6 is 11.6 Å². The number of benzene rings is 1. The first-order valence-electron chi connectivity index (χ1n) is 9.36. The molecule has 1 N–H and O–H groups in total. The van der Waals surface area contributed by atoms with Crippen LogP contribution in [0.2, 0.25) is 5.02 Å². The maximum Gasteiger partial charge on any atom is 0.239 e. The van der Waals surface area contributed by atoms with Crippen LogP contribution in [0.25, 0.3) is 0 Å². The lowest BCUT2D eigenvalue weighted by atomic mass is 10.1. The number of carbonyl (C=O) groups is 1. The van der Waals surface area contributed by atoms with Gasteiger partial charge in [0.05, 0.1) is 18.2 Å². The molecule has 7 heteroatoms. The highest BCUT2D eigenvalue weighted by Gasteiger charge is 2.28. The summed E-state index contributed by atoms with van der Waals surface area (Å²) in [5.74, 6) is 1.32. The Hall–Kier alpha value is -1.50. The first-order chi connectivity index (χ1) is 12.7. The number of unbranched alkanes of at least 4 members (excludes halogenated alkanes) is 1. The van der Waals surface area contributed by atoms with E-state index in [-0.39, 0.29) is 11.9 Å². The quantitative estimate of drug-likeness (QED) is 0.784. The minimum atomic E-state index is -0.195. The van der Waals surface area contributed by atoms with Crippen molar-refractivity contribution < 1.29 is 19.0 Å². The van der Waals surface area contributed by atoms with Gasteiger partial charge in [-0.05, 0) is 37.1 Å². The number of amides is 1. The van der Waals surface area contributed by atoms with Gasteiger partial charge in [-0.2, -0.15) is 0 Å². The van der Waals surface area contributed by atoms with Crippen molar-refractivity contribution >= 4 is 17.5 Å². The molecule has 2 heterocycles. The fraction of sp³-hybridized carbons (Fsp3) is 0.632. The monoisotopic (exact) mass is 382 g/mol. The Labute approximate surface area is 159 Å². The fourth-order valence-electron chi connectivity index (χ4n) is 3.26. The first-order valence-corrected chi connectivity index (χ1v) is 9.74. The van der Waals surface area contributed by atoms with E-state index in [1.807, 2.05) is 12.1 Å². The third-order valence-corrected chi connectivity index (χ3v) is 4.99. The molecule has 0 spiro atoms. The van der Waals surface area contributed by atoms with Gasteiger partial charge in [0.25, 0.3) is 0 Å². The van der Waals surface area contributed by atoms with Gasteiger partial charge in [-0.25, -0.2) is 0 Å². The Morgan fingerprint density at radius 3 is 3.00 bits per heavy atom. The number of hydrogen-bond donors (Lipinski definition) is 1. The van der Waals surface area contributed by atoms with Crippen LogP contribution in [-0.2, 0) is 16.0 Å². The van der Waals surface area contributed by atoms with E-state index in [1.165, 1.54) is 0 Å². The molecule has 26 heavy (non-hydrogen) atoms. The summed E-state index contributed by atoms with van der Waals surface area (Å²) in [4.78, 5) is 14.8. The lowest BCUT2D eigenvalue weighted by Crippen LogP contribution is -2.54. The number of rotatable bonds is 7. The number of morpholine rings is 1. The predicted octanol–water partition coefficient (Wildman–Crippen LogP) is 2.27. The summed E-state index contributed by atoms with van der Waals surface area (Å²) in [6, 6.07) is 3.61. The zero-order chi connectivity index (χ0) is 18.4. The summed E-state index contributed by atoms with van der Waals surface area (Å²) in [5, 5.41) is 3.58. The molecule has 3 rings (SSSR count). The van der Waals surface area contributed by atoms with E-state index in [4.69, 9.17) is 25.8 Å². The van der Waals surface area contributed by atoms with E-state index in [9.17, 15) is 4.79 Å². The van der Waals surface area contributed by atoms with Crippen molar-refractivity contribution in [3.05, 3.63) is 22.7 Å². The van der Waals surface area contributed by atoms with Crippen molar-refractivity contribution in [3.63, 3.8) is 0 Å². The van der Waals surface area contributed by atoms with Crippen molar-refractivity contribution in [1.29, 1.82) is 0 Å². The van der Waals surface area contributed by atoms with E-state index in [1.54, 1.807) is 0 Å². The van der Waals surface area contributed by atoms with Gasteiger partial charge in [-0.3, -0.25) is 9.69 Å². The van der Waals surface area contributed by atoms with Crippen LogP contribution in [0, 0.1) is 0 Å². The van der Waals surface area contributed by atoms with E-state index in [2.05, 4.69) is 17.1 Å². The van der Waals surface area contributed by atoms with Crippen molar-refractivity contribution in [2.24, 2.45) is 0 Å². The fourth-order valence-corrected chi connectivity index (χ4v) is 3.55. The molecule has 0 bridgehead atoms. The summed E-state index contributed by atoms with van der Waals surface area (Å²) < 4.78 is 16.6. The summed E-state index contributed by atoms with van der Waals surface area (Å²) >= 11 is 6.26. The number of nitrogens with one attached hydrogen (secondary N) is 1. The molecule has 2 aliphatic rings. The van der Waals surface area contributed by atoms with E-state index < -0.39 is 0 Å². The van der Waals surface area contributed by atoms with Crippen LogP contribution in [0.4, 0.5) is 0 Å². The third kappa shape index (κ3) is 4.81. The zero-order valence-corrected chi connectivity index (χ0v) is 16.0. The molecule has 1 saturated heterocycles. The number of carbonyl (C=O) groups excluding carboxylic acids is 1. The molecule has 144 valence electrons. The summed E-state index contributed by atoms with van der Waals surface area (Å²) in [7, 11) is 0. The van der Waals surface area contributed by atoms with Gasteiger partial charge in [0, 0.05) is 13.1 Å². The molecule has 1 aromatic rings. The number of ether oxygens (including phenoxy) is 3. The summed E-state index contributed by atoms with van der Waals surface area (Å²) in [5.41, 5.74) is 1.02. The van der Waals surface area contributed by atoms with Crippen LogP contribution < -0.4 is 14.8 Å². The Morgan fingerprint density at radius 2 is 2.15 bits per heavy atom. The Bertz CT molecular complexity index is 626. The van der Waals surface area contributed by atoms with Gasteiger partial charge in [-0.15, -0.1) is 0 Å². The predicted molar refractivity (Wildman–Crippen MR) is 100 cm³/mol. The second kappa shape index (κ2) is 9.44. The summed E-state index contributed by atoms with van der Waals surface area (Å²) in [6.07, 6.45) is 2.90. The maximum absolute atomic E-state index is 12.6. The molecule has 2 aliphatic heterocycles. The minimum Gasteiger partial charge on any atom is -0.486 e. The van der Waals surface area contributed by atoms with Crippen LogP contribution in [0.5, 0.6) is 11.5 Å². The highest BCUT2D eigenvalue weighted by molar-refractivity contribution is 6.32. The van der Waals surface area contributed by atoms with Crippen molar-refractivity contribution in [1.82, 2.24) is 10.2 Å². The highest BCUT2D eigenvalue weighted by Crippen LogP contribution is 2.38. The second-order valence-corrected chi connectivity index (χ2v) is 7.03. The number of hydrogen-bond acceptors (Lipinski definition) is 5. The van der Waals surface area contributed by atoms with Crippen LogP contribution in [0.3, 0.4) is 0 Å². The average molecular weight is 383 g/mol. The van der Waals surface area contributed by atoms with E-state index >= 15 is 0 Å². The normalized spacial score (nSPS) is 20.0. The molecular formula is C19H27ClN2O4. The second-order valence-electron chi connectivity index (χ2n) is 6.62. The molecule has 1 unspecified atom stereocenters. The summed E-state index contributed by atoms with van der Waals surface area (Å²) in [6.45, 7) is 6.67. The molecule has 1 fully saturated rings. The number of nitrogens with zero attached hydrogens (tertiary/aromatic N) is 1. The molecule has 1 amide bonds. The maximum atomic E-state index is 12.6. The highest BCUT2D eigenvalue weighted by atomic mass is 35.5. The molecule has 1 aromatic carbocycles. The molecule has 6 nitrogen and oxygen atoms in total. The van der Waals surface area contributed by atoms with Crippen LogP contribution in [0.15, 0.2) is 12.1 Å². The first kappa shape index (κ1) is 19.3. The van der Waals surface area contributed by atoms with Crippen molar-refractivity contribution in [2.45, 2.75) is 32.2 Å². The van der Waals surface area contributed by atoms with Gasteiger partial charge >= 0.3 is 0 Å². The molecule has 0 aliphatic carbocycles. The number of fused-ring (bicyclic) bond motifs is 1. The SMILES string of the molecule is CCCCN1CCOCC1C(=O)NCCc1cc(Cl)c2c(c1)OCCO2. The third-order valence-electron chi connectivity index (χ3n) is 4.71. The zero-order valence-electron chi connectivity index (χ0n) is 15.3. The van der Waals surface area contributed by atoms with Crippen molar-refractivity contribution in [3.8, 4) is 11.5 Å². The van der Waals surface area contributed by atoms with E-state index in [0.717, 1.165) is 31.5 Å². The molecule has 0 saturated carbocycles. The number of halogens is 1. The van der Waals surface area contributed by atoms with Gasteiger partial charge < -0.3 is 19.5 Å². The minimum absolute atomic E-state index is 0.0319. The lowest BCUT2D eigenvalue weighted by Gasteiger charge is -2.34. The smallest absolute Gasteiger partial charge is 0.239 e. The standard InChI is InChI=1S/C19H27ClN2O4/c1-2-3-6-22-7-8-24-13-16(22)19(23)21-5-4-14-11-15(20)18-17(12-14)25-9-10-26-18/h11-12,16H,2-10,13H2,1H3,(H,21,23). The van der Waals surface area contributed by atoms with Gasteiger partial charge in [0.15, 0.2) is 11.5 Å². The molecule has 0 aromatic heterocycles. The Kier molecular flexibility index (Phi) is 7.00. The molecule has 0 radical (unpaired) electrons. The van der Waals surface area contributed by atoms with Crippen LogP contribution in [0.1, 0.15) is 25.3 Å². The topological polar surface area (TPSA) is 60.0 Å². The van der Waals surface area contributed by atoms with Gasteiger partial charge in [-0.1, -0.05) is 24.9 Å². The Balaban J connectivity index is 1.52. The lowest BCUT2D eigenvalue weighted by molar-refractivity contribution is -0.132. The van der Waals surface area contributed by atoms with Crippen molar-refractivity contribution in [2.75, 3.05) is 46.1 Å². The Morgan fingerprint density at radius 1 is 1.31 bits per heavy atom. The van der Waals surface area contributed by atoms with Crippen LogP contribution in [-0.4, -0.2) is 62.9 Å². The van der Waals surface area contributed by atoms with Gasteiger partial charge in [0.1, 0.15) is 19.3 Å². The molecular weight excluding hydrogens is 356 g/mol. The molecule has 1 atom stereocenters. The van der Waals surface area contributed by atoms with Gasteiger partial charge in [0.2, 0.25) is 5.91 Å².